The Hall–Kier alpha value is -2.40. The zero-order valence-corrected chi connectivity index (χ0v) is 11.1. The monoisotopic (exact) mass is 273 g/mol. The van der Waals surface area contributed by atoms with Gasteiger partial charge in [-0.25, -0.2) is 4.39 Å². The topological polar surface area (TPSA) is 85.1 Å². The SMILES string of the molecule is COc1cc(N)c(C(=N)c2cccc(F)c2)cc1CN. The predicted octanol–water partition coefficient (Wildman–Crippen LogP) is 2.29. The normalized spacial score (nSPS) is 10.3. The molecule has 0 fully saturated rings. The minimum absolute atomic E-state index is 0.152. The van der Waals surface area contributed by atoms with E-state index in [-0.39, 0.29) is 12.3 Å². The lowest BCUT2D eigenvalue weighted by molar-refractivity contribution is 0.410. The lowest BCUT2D eigenvalue weighted by Gasteiger charge is -2.13. The molecule has 0 saturated heterocycles. The van der Waals surface area contributed by atoms with Crippen LogP contribution in [0.2, 0.25) is 0 Å². The van der Waals surface area contributed by atoms with Crippen LogP contribution in [0.25, 0.3) is 0 Å². The summed E-state index contributed by atoms with van der Waals surface area (Å²) < 4.78 is 18.4. The third kappa shape index (κ3) is 2.62. The number of anilines is 1. The van der Waals surface area contributed by atoms with Crippen molar-refractivity contribution >= 4 is 11.4 Å². The average molecular weight is 273 g/mol. The highest BCUT2D eigenvalue weighted by atomic mass is 19.1. The highest BCUT2D eigenvalue weighted by Gasteiger charge is 2.13. The van der Waals surface area contributed by atoms with Crippen molar-refractivity contribution < 1.29 is 9.13 Å². The van der Waals surface area contributed by atoms with Crippen molar-refractivity contribution in [2.45, 2.75) is 6.54 Å². The molecule has 5 N–H and O–H groups in total. The lowest BCUT2D eigenvalue weighted by Crippen LogP contribution is -2.09. The van der Waals surface area contributed by atoms with Gasteiger partial charge in [-0.2, -0.15) is 0 Å². The van der Waals surface area contributed by atoms with Gasteiger partial charge in [0.2, 0.25) is 0 Å². The van der Waals surface area contributed by atoms with Gasteiger partial charge in [0.1, 0.15) is 11.6 Å². The molecule has 5 heteroatoms. The standard InChI is InChI=1S/C15H16FN3O/c1-20-14-7-13(18)12(6-10(14)8-17)15(19)9-3-2-4-11(16)5-9/h2-7,19H,8,17-18H2,1H3. The van der Waals surface area contributed by atoms with E-state index < -0.39 is 5.82 Å². The van der Waals surface area contributed by atoms with Crippen molar-refractivity contribution in [3.8, 4) is 5.75 Å². The summed E-state index contributed by atoms with van der Waals surface area (Å²) >= 11 is 0. The molecule has 104 valence electrons. The van der Waals surface area contributed by atoms with Gasteiger partial charge in [0.15, 0.2) is 0 Å². The largest absolute Gasteiger partial charge is 0.496 e. The molecule has 0 bridgehead atoms. The van der Waals surface area contributed by atoms with Crippen molar-refractivity contribution in [2.24, 2.45) is 5.73 Å². The summed E-state index contributed by atoms with van der Waals surface area (Å²) in [6, 6.07) is 9.19. The van der Waals surface area contributed by atoms with Crippen molar-refractivity contribution in [1.29, 1.82) is 5.41 Å². The maximum absolute atomic E-state index is 13.2. The first-order valence-corrected chi connectivity index (χ1v) is 6.08. The van der Waals surface area contributed by atoms with Crippen LogP contribution in [0.4, 0.5) is 10.1 Å². The first-order valence-electron chi connectivity index (χ1n) is 6.08. The molecule has 0 spiro atoms. The van der Waals surface area contributed by atoms with E-state index in [1.54, 1.807) is 24.3 Å². The van der Waals surface area contributed by atoms with Crippen LogP contribution in [0, 0.1) is 11.2 Å². The summed E-state index contributed by atoms with van der Waals surface area (Å²) in [5, 5.41) is 8.18. The second kappa shape index (κ2) is 5.71. The van der Waals surface area contributed by atoms with E-state index in [2.05, 4.69) is 0 Å². The number of ether oxygens (including phenoxy) is 1. The number of nitrogen functional groups attached to an aromatic ring is 1. The summed E-state index contributed by atoms with van der Waals surface area (Å²) in [6.07, 6.45) is 0. The van der Waals surface area contributed by atoms with Crippen LogP contribution in [0.1, 0.15) is 16.7 Å². The Kier molecular flexibility index (Phi) is 4.00. The van der Waals surface area contributed by atoms with Crippen LogP contribution < -0.4 is 16.2 Å². The molecule has 0 aliphatic rings. The van der Waals surface area contributed by atoms with Gasteiger partial charge in [0.25, 0.3) is 0 Å². The van der Waals surface area contributed by atoms with E-state index in [4.69, 9.17) is 21.6 Å². The van der Waals surface area contributed by atoms with Crippen molar-refractivity contribution in [2.75, 3.05) is 12.8 Å². The number of hydrogen-bond donors (Lipinski definition) is 3. The minimum Gasteiger partial charge on any atom is -0.496 e. The van der Waals surface area contributed by atoms with Crippen LogP contribution in [0.5, 0.6) is 5.75 Å². The zero-order chi connectivity index (χ0) is 14.7. The number of rotatable bonds is 4. The maximum Gasteiger partial charge on any atom is 0.125 e. The molecular formula is C15H16FN3O. The number of nitrogens with one attached hydrogen (secondary N) is 1. The van der Waals surface area contributed by atoms with Crippen molar-refractivity contribution in [3.63, 3.8) is 0 Å². The molecule has 0 aromatic heterocycles. The third-order valence-corrected chi connectivity index (χ3v) is 3.06. The number of halogens is 1. The van der Waals surface area contributed by atoms with E-state index >= 15 is 0 Å². The smallest absolute Gasteiger partial charge is 0.125 e. The third-order valence-electron chi connectivity index (χ3n) is 3.06. The van der Waals surface area contributed by atoms with Gasteiger partial charge in [-0.15, -0.1) is 0 Å². The molecule has 0 heterocycles. The molecule has 0 saturated carbocycles. The van der Waals surface area contributed by atoms with Gasteiger partial charge < -0.3 is 16.2 Å². The van der Waals surface area contributed by atoms with Gasteiger partial charge in [0.05, 0.1) is 12.8 Å². The first kappa shape index (κ1) is 14.0. The number of benzene rings is 2. The van der Waals surface area contributed by atoms with E-state index in [1.165, 1.54) is 19.2 Å². The lowest BCUT2D eigenvalue weighted by atomic mass is 9.98. The Morgan fingerprint density at radius 2 is 2.05 bits per heavy atom. The molecule has 20 heavy (non-hydrogen) atoms. The molecule has 4 nitrogen and oxygen atoms in total. The number of nitrogens with two attached hydrogens (primary N) is 2. The minimum atomic E-state index is -0.390. The van der Waals surface area contributed by atoms with Crippen LogP contribution in [-0.4, -0.2) is 12.8 Å². The fourth-order valence-corrected chi connectivity index (χ4v) is 2.01. The molecule has 2 aromatic rings. The highest BCUT2D eigenvalue weighted by Crippen LogP contribution is 2.27. The summed E-state index contributed by atoms with van der Waals surface area (Å²) in [7, 11) is 1.53. The molecule has 0 aliphatic heterocycles. The molecule has 0 radical (unpaired) electrons. The Bertz CT molecular complexity index is 656. The summed E-state index contributed by atoms with van der Waals surface area (Å²) in [5.41, 5.74) is 13.9. The molecule has 0 atom stereocenters. The second-order valence-electron chi connectivity index (χ2n) is 4.34. The fraction of sp³-hybridized carbons (Fsp3) is 0.133. The van der Waals surface area contributed by atoms with E-state index in [1.807, 2.05) is 0 Å². The Morgan fingerprint density at radius 3 is 2.65 bits per heavy atom. The van der Waals surface area contributed by atoms with Crippen LogP contribution in [-0.2, 0) is 6.54 Å². The second-order valence-corrected chi connectivity index (χ2v) is 4.34. The molecule has 2 aromatic carbocycles. The predicted molar refractivity (Wildman–Crippen MR) is 77.6 cm³/mol. The summed E-state index contributed by atoms with van der Waals surface area (Å²) in [6.45, 7) is 0.271. The Morgan fingerprint density at radius 1 is 1.30 bits per heavy atom. The summed E-state index contributed by atoms with van der Waals surface area (Å²) in [4.78, 5) is 0. The molecular weight excluding hydrogens is 257 g/mol. The average Bonchev–Trinajstić information content (AvgIpc) is 2.46. The fourth-order valence-electron chi connectivity index (χ4n) is 2.01. The molecule has 0 amide bonds. The van der Waals surface area contributed by atoms with E-state index in [9.17, 15) is 4.39 Å². The molecule has 0 aliphatic carbocycles. The van der Waals surface area contributed by atoms with E-state index in [0.717, 1.165) is 5.56 Å². The molecule has 2 rings (SSSR count). The van der Waals surface area contributed by atoms with Crippen LogP contribution in [0.15, 0.2) is 36.4 Å². The first-order chi connectivity index (χ1) is 9.56. The van der Waals surface area contributed by atoms with Gasteiger partial charge in [-0.05, 0) is 18.2 Å². The highest BCUT2D eigenvalue weighted by molar-refractivity contribution is 6.14. The number of methoxy groups -OCH3 is 1. The van der Waals surface area contributed by atoms with Gasteiger partial charge in [-0.3, -0.25) is 5.41 Å². The zero-order valence-electron chi connectivity index (χ0n) is 11.1. The Balaban J connectivity index is 2.49. The number of hydrogen-bond acceptors (Lipinski definition) is 4. The van der Waals surface area contributed by atoms with Crippen LogP contribution in [0.3, 0.4) is 0 Å². The maximum atomic E-state index is 13.2. The van der Waals surface area contributed by atoms with Gasteiger partial charge in [0, 0.05) is 35.0 Å². The van der Waals surface area contributed by atoms with Crippen molar-refractivity contribution in [1.82, 2.24) is 0 Å². The van der Waals surface area contributed by atoms with Crippen molar-refractivity contribution in [3.05, 3.63) is 58.9 Å². The van der Waals surface area contributed by atoms with Gasteiger partial charge in [-0.1, -0.05) is 12.1 Å². The van der Waals surface area contributed by atoms with Gasteiger partial charge >= 0.3 is 0 Å². The molecule has 0 unspecified atom stereocenters. The summed E-state index contributed by atoms with van der Waals surface area (Å²) in [5.74, 6) is 0.194. The van der Waals surface area contributed by atoms with E-state index in [0.29, 0.717) is 22.6 Å². The van der Waals surface area contributed by atoms with Crippen LogP contribution >= 0.6 is 0 Å². The quantitative estimate of drug-likeness (QED) is 0.590. The Labute approximate surface area is 116 Å².